The summed E-state index contributed by atoms with van der Waals surface area (Å²) in [7, 11) is 0. The molecule has 0 aromatic carbocycles. The molecule has 0 saturated heterocycles. The normalized spacial score (nSPS) is 13.8. The molecule has 0 rings (SSSR count). The summed E-state index contributed by atoms with van der Waals surface area (Å²) in [6.45, 7) is 6.24. The van der Waals surface area contributed by atoms with Gasteiger partial charge >= 0.3 is 5.97 Å². The zero-order valence-electron chi connectivity index (χ0n) is 41.4. The number of hydrogen-bond acceptors (Lipinski definition) is 5. The van der Waals surface area contributed by atoms with Crippen molar-refractivity contribution in [2.24, 2.45) is 0 Å². The zero-order valence-corrected chi connectivity index (χ0v) is 41.4. The third-order valence-corrected chi connectivity index (χ3v) is 11.8. The van der Waals surface area contributed by atoms with Gasteiger partial charge in [0.05, 0.1) is 25.2 Å². The molecule has 3 N–H and O–H groups in total. The minimum Gasteiger partial charge on any atom is -0.462 e. The van der Waals surface area contributed by atoms with Crippen molar-refractivity contribution < 1.29 is 24.5 Å². The van der Waals surface area contributed by atoms with E-state index in [9.17, 15) is 19.8 Å². The van der Waals surface area contributed by atoms with Gasteiger partial charge in [0, 0.05) is 6.42 Å². The number of amides is 1. The first-order valence-electron chi connectivity index (χ1n) is 26.7. The topological polar surface area (TPSA) is 95.9 Å². The summed E-state index contributed by atoms with van der Waals surface area (Å²) in [5.74, 6) is -0.520. The van der Waals surface area contributed by atoms with E-state index < -0.39 is 18.2 Å². The van der Waals surface area contributed by atoms with Crippen molar-refractivity contribution in [3.63, 3.8) is 0 Å². The predicted molar refractivity (Wildman–Crippen MR) is 273 cm³/mol. The molecule has 0 spiro atoms. The number of allylic oxidation sites excluding steroid dienone is 12. The van der Waals surface area contributed by atoms with Crippen molar-refractivity contribution in [3.05, 3.63) is 72.9 Å². The lowest BCUT2D eigenvalue weighted by Crippen LogP contribution is -2.46. The highest BCUT2D eigenvalue weighted by molar-refractivity contribution is 5.77. The lowest BCUT2D eigenvalue weighted by atomic mass is 10.0. The van der Waals surface area contributed by atoms with Gasteiger partial charge in [-0.25, -0.2) is 0 Å². The van der Waals surface area contributed by atoms with Crippen LogP contribution in [0.1, 0.15) is 252 Å². The maximum atomic E-state index is 13.2. The first-order valence-corrected chi connectivity index (χ1v) is 26.7. The van der Waals surface area contributed by atoms with E-state index in [1.165, 1.54) is 89.9 Å². The van der Waals surface area contributed by atoms with Crippen LogP contribution >= 0.6 is 0 Å². The van der Waals surface area contributed by atoms with Crippen LogP contribution in [0, 0.1) is 0 Å². The Bertz CT molecular complexity index is 1170. The van der Waals surface area contributed by atoms with Crippen LogP contribution in [-0.2, 0) is 14.3 Å². The summed E-state index contributed by atoms with van der Waals surface area (Å²) in [6, 6.07) is -0.716. The number of rotatable bonds is 47. The van der Waals surface area contributed by atoms with Crippen molar-refractivity contribution in [2.45, 2.75) is 270 Å². The third-order valence-electron chi connectivity index (χ3n) is 11.8. The van der Waals surface area contributed by atoms with Crippen molar-refractivity contribution in [1.82, 2.24) is 5.32 Å². The molecule has 364 valence electrons. The van der Waals surface area contributed by atoms with Crippen LogP contribution in [0.3, 0.4) is 0 Å². The summed E-state index contributed by atoms with van der Waals surface area (Å²) in [6.07, 6.45) is 63.9. The number of hydrogen-bond donors (Lipinski definition) is 3. The van der Waals surface area contributed by atoms with Crippen molar-refractivity contribution in [3.8, 4) is 0 Å². The fraction of sp³-hybridized carbons (Fsp3) is 0.754. The smallest absolute Gasteiger partial charge is 0.306 e. The van der Waals surface area contributed by atoms with E-state index in [-0.39, 0.29) is 24.9 Å². The Kier molecular flexibility index (Phi) is 48.1. The Labute approximate surface area is 390 Å². The van der Waals surface area contributed by atoms with Gasteiger partial charge in [0.15, 0.2) is 0 Å². The molecule has 0 radical (unpaired) electrons. The average Bonchev–Trinajstić information content (AvgIpc) is 3.28. The van der Waals surface area contributed by atoms with E-state index >= 15 is 0 Å². The van der Waals surface area contributed by atoms with Crippen LogP contribution in [0.2, 0.25) is 0 Å². The van der Waals surface area contributed by atoms with Crippen LogP contribution in [0.25, 0.3) is 0 Å². The summed E-state index contributed by atoms with van der Waals surface area (Å²) in [5.41, 5.74) is 0. The standard InChI is InChI=1S/C57H101NO5/c1-4-7-10-13-16-19-22-25-27-28-29-32-34-37-40-43-46-49-55(60)54(52-59)58-56(61)51-53(48-45-42-39-36-33-31-26-23-20-17-14-11-8-5-2)63-57(62)50-47-44-41-38-35-30-24-21-18-15-12-9-6-3/h8-9,11-12,15,17-18,20-21,24,26,31,53-55,59-60H,4-7,10,13-14,16,19,22-23,25,27-30,32-52H2,1-3H3,(H,58,61)/b11-8+,12-9+,18-15+,20-17+,24-21-,31-26+. The van der Waals surface area contributed by atoms with Gasteiger partial charge in [-0.15, -0.1) is 0 Å². The number of ether oxygens (including phenoxy) is 1. The fourth-order valence-electron chi connectivity index (χ4n) is 7.86. The Balaban J connectivity index is 4.58. The van der Waals surface area contributed by atoms with Crippen molar-refractivity contribution in [2.75, 3.05) is 6.61 Å². The molecule has 0 aliphatic carbocycles. The quantitative estimate of drug-likeness (QED) is 0.0245. The minimum absolute atomic E-state index is 0.0518. The third kappa shape index (κ3) is 45.7. The molecule has 0 saturated carbocycles. The van der Waals surface area contributed by atoms with Gasteiger partial charge in [-0.2, -0.15) is 0 Å². The molecule has 0 aliphatic heterocycles. The van der Waals surface area contributed by atoms with Gasteiger partial charge in [-0.3, -0.25) is 9.59 Å². The molecule has 0 aliphatic rings. The summed E-state index contributed by atoms with van der Waals surface area (Å²) in [4.78, 5) is 26.2. The minimum atomic E-state index is -0.801. The molecule has 6 nitrogen and oxygen atoms in total. The first kappa shape index (κ1) is 60.3. The molecule has 0 heterocycles. The lowest BCUT2D eigenvalue weighted by molar-refractivity contribution is -0.151. The number of esters is 1. The van der Waals surface area contributed by atoms with Crippen LogP contribution in [0.5, 0.6) is 0 Å². The highest BCUT2D eigenvalue weighted by atomic mass is 16.5. The summed E-state index contributed by atoms with van der Waals surface area (Å²) >= 11 is 0. The molecule has 0 aromatic heterocycles. The highest BCUT2D eigenvalue weighted by Crippen LogP contribution is 2.18. The molecule has 0 fully saturated rings. The predicted octanol–water partition coefficient (Wildman–Crippen LogP) is 16.2. The molecule has 0 bridgehead atoms. The fourth-order valence-corrected chi connectivity index (χ4v) is 7.86. The van der Waals surface area contributed by atoms with Crippen LogP contribution < -0.4 is 5.32 Å². The highest BCUT2D eigenvalue weighted by Gasteiger charge is 2.24. The zero-order chi connectivity index (χ0) is 45.9. The molecule has 6 heteroatoms. The second-order valence-corrected chi connectivity index (χ2v) is 17.9. The summed E-state index contributed by atoms with van der Waals surface area (Å²) < 4.78 is 5.92. The molecule has 3 atom stereocenters. The van der Waals surface area contributed by atoms with Gasteiger partial charge < -0.3 is 20.3 Å². The van der Waals surface area contributed by atoms with Gasteiger partial charge in [0.1, 0.15) is 6.10 Å². The van der Waals surface area contributed by atoms with E-state index in [0.29, 0.717) is 19.3 Å². The second kappa shape index (κ2) is 50.3. The number of unbranched alkanes of at least 4 members (excludes halogenated alkanes) is 25. The van der Waals surface area contributed by atoms with Gasteiger partial charge in [-0.05, 0) is 77.0 Å². The second-order valence-electron chi connectivity index (χ2n) is 17.9. The van der Waals surface area contributed by atoms with Crippen LogP contribution in [0.4, 0.5) is 0 Å². The Morgan fingerprint density at radius 3 is 1.48 bits per heavy atom. The summed E-state index contributed by atoms with van der Waals surface area (Å²) in [5, 5.41) is 23.8. The number of carbonyl (C=O) groups excluding carboxylic acids is 2. The number of aliphatic hydroxyl groups is 2. The van der Waals surface area contributed by atoms with Crippen LogP contribution in [0.15, 0.2) is 72.9 Å². The van der Waals surface area contributed by atoms with Crippen LogP contribution in [-0.4, -0.2) is 46.9 Å². The Hall–Kier alpha value is -2.70. The lowest BCUT2D eigenvalue weighted by Gasteiger charge is -2.24. The monoisotopic (exact) mass is 880 g/mol. The molecule has 63 heavy (non-hydrogen) atoms. The van der Waals surface area contributed by atoms with Crippen molar-refractivity contribution in [1.29, 1.82) is 0 Å². The SMILES string of the molecule is CC/C=C/C=C/C=C\CCCCCCCC(=O)OC(CCCCCC/C=C/C/C=C/C/C=C/CC)CC(=O)NC(CO)C(O)CCCCCCCCCCCCCCCCCCC. The van der Waals surface area contributed by atoms with E-state index in [1.54, 1.807) is 0 Å². The molecule has 0 aromatic rings. The van der Waals surface area contributed by atoms with Gasteiger partial charge in [0.2, 0.25) is 5.91 Å². The van der Waals surface area contributed by atoms with E-state index in [4.69, 9.17) is 4.74 Å². The molecule has 1 amide bonds. The molecular weight excluding hydrogens is 779 g/mol. The van der Waals surface area contributed by atoms with E-state index in [1.807, 2.05) is 0 Å². The maximum absolute atomic E-state index is 13.2. The molecular formula is C57H101NO5. The number of nitrogens with one attached hydrogen (secondary N) is 1. The van der Waals surface area contributed by atoms with E-state index in [0.717, 1.165) is 116 Å². The number of carbonyl (C=O) groups is 2. The van der Waals surface area contributed by atoms with Gasteiger partial charge in [-0.1, -0.05) is 235 Å². The molecule has 3 unspecified atom stereocenters. The first-order chi connectivity index (χ1) is 31.0. The Morgan fingerprint density at radius 1 is 0.492 bits per heavy atom. The van der Waals surface area contributed by atoms with Crippen molar-refractivity contribution >= 4 is 11.9 Å². The van der Waals surface area contributed by atoms with E-state index in [2.05, 4.69) is 99.0 Å². The largest absolute Gasteiger partial charge is 0.462 e. The average molecular weight is 880 g/mol. The Morgan fingerprint density at radius 2 is 0.937 bits per heavy atom. The van der Waals surface area contributed by atoms with Gasteiger partial charge in [0.25, 0.3) is 0 Å². The number of aliphatic hydroxyl groups excluding tert-OH is 2. The maximum Gasteiger partial charge on any atom is 0.306 e.